The van der Waals surface area contributed by atoms with Gasteiger partial charge in [0.2, 0.25) is 0 Å². The van der Waals surface area contributed by atoms with Crippen LogP contribution in [0, 0.1) is 5.92 Å². The first kappa shape index (κ1) is 19.7. The Labute approximate surface area is 151 Å². The van der Waals surface area contributed by atoms with Gasteiger partial charge in [0.1, 0.15) is 18.0 Å². The molecule has 0 saturated heterocycles. The van der Waals surface area contributed by atoms with Crippen LogP contribution < -0.4 is 10.1 Å². The molecule has 140 valence electrons. The van der Waals surface area contributed by atoms with Crippen LogP contribution >= 0.6 is 0 Å². The average molecular weight is 348 g/mol. The fourth-order valence-electron chi connectivity index (χ4n) is 3.41. The quantitative estimate of drug-likeness (QED) is 0.780. The summed E-state index contributed by atoms with van der Waals surface area (Å²) in [5, 5.41) is 3.03. The van der Waals surface area contributed by atoms with Crippen LogP contribution in [0.3, 0.4) is 0 Å². The molecule has 0 aromatic heterocycles. The summed E-state index contributed by atoms with van der Waals surface area (Å²) in [4.78, 5) is 15.0. The third-order valence-electron chi connectivity index (χ3n) is 4.71. The van der Waals surface area contributed by atoms with Crippen LogP contribution in [-0.4, -0.2) is 50.3 Å². The number of hydrogen-bond donors (Lipinski definition) is 1. The fourth-order valence-corrected chi connectivity index (χ4v) is 3.41. The summed E-state index contributed by atoms with van der Waals surface area (Å²) in [6.45, 7) is 6.21. The number of rotatable bonds is 8. The first-order valence-electron chi connectivity index (χ1n) is 9.28. The number of carbonyl (C=O) groups excluding carboxylic acids is 1. The Kier molecular flexibility index (Phi) is 7.26. The van der Waals surface area contributed by atoms with Gasteiger partial charge >= 0.3 is 0 Å². The molecule has 0 radical (unpaired) electrons. The zero-order valence-corrected chi connectivity index (χ0v) is 16.0. The summed E-state index contributed by atoms with van der Waals surface area (Å²) in [7, 11) is 4.03. The van der Waals surface area contributed by atoms with Crippen LogP contribution in [0.2, 0.25) is 0 Å². The van der Waals surface area contributed by atoms with Crippen molar-refractivity contribution in [1.82, 2.24) is 4.90 Å². The van der Waals surface area contributed by atoms with Gasteiger partial charge in [0.15, 0.2) is 0 Å². The number of hydrogen-bond acceptors (Lipinski definition) is 4. The van der Waals surface area contributed by atoms with Crippen LogP contribution in [0.15, 0.2) is 24.3 Å². The summed E-state index contributed by atoms with van der Waals surface area (Å²) >= 11 is 0. The molecule has 1 saturated carbocycles. The number of nitrogens with zero attached hydrogens (tertiary/aromatic N) is 1. The first-order chi connectivity index (χ1) is 11.9. The summed E-state index contributed by atoms with van der Waals surface area (Å²) in [6, 6.07) is 7.55. The summed E-state index contributed by atoms with van der Waals surface area (Å²) in [5.74, 6) is 1.30. The number of benzene rings is 1. The third-order valence-corrected chi connectivity index (χ3v) is 4.71. The highest BCUT2D eigenvalue weighted by atomic mass is 16.5. The molecule has 2 unspecified atom stereocenters. The van der Waals surface area contributed by atoms with Gasteiger partial charge in [-0.1, -0.05) is 13.3 Å². The Hall–Kier alpha value is -1.59. The van der Waals surface area contributed by atoms with Crippen LogP contribution in [0.25, 0.3) is 0 Å². The van der Waals surface area contributed by atoms with Gasteiger partial charge in [-0.3, -0.25) is 4.79 Å². The van der Waals surface area contributed by atoms with Crippen molar-refractivity contribution in [2.24, 2.45) is 5.92 Å². The second-order valence-corrected chi connectivity index (χ2v) is 7.26. The number of nitrogens with one attached hydrogen (secondary N) is 1. The first-order valence-corrected chi connectivity index (χ1v) is 9.28. The van der Waals surface area contributed by atoms with Crippen molar-refractivity contribution < 1.29 is 14.3 Å². The van der Waals surface area contributed by atoms with E-state index in [2.05, 4.69) is 17.1 Å². The molecule has 2 rings (SSSR count). The fraction of sp³-hybridized carbons (Fsp3) is 0.650. The number of amides is 1. The Morgan fingerprint density at radius 2 is 2.04 bits per heavy atom. The minimum Gasteiger partial charge on any atom is -0.492 e. The molecule has 1 amide bonds. The third kappa shape index (κ3) is 5.72. The maximum atomic E-state index is 12.9. The SMILES string of the molecule is CCOC1(C(=O)Nc2ccc(OCCN(C)C)cc2)CCCC(C)C1. The van der Waals surface area contributed by atoms with Crippen LogP contribution in [0.5, 0.6) is 5.75 Å². The minimum absolute atomic E-state index is 0.0258. The van der Waals surface area contributed by atoms with Gasteiger partial charge in [0.25, 0.3) is 5.91 Å². The Morgan fingerprint density at radius 3 is 2.64 bits per heavy atom. The monoisotopic (exact) mass is 348 g/mol. The summed E-state index contributed by atoms with van der Waals surface area (Å²) in [5.41, 5.74) is 0.0927. The maximum absolute atomic E-state index is 12.9. The van der Waals surface area contributed by atoms with Crippen molar-refractivity contribution in [3.8, 4) is 5.75 Å². The van der Waals surface area contributed by atoms with E-state index in [1.165, 1.54) is 6.42 Å². The Morgan fingerprint density at radius 1 is 1.32 bits per heavy atom. The highest BCUT2D eigenvalue weighted by Crippen LogP contribution is 2.36. The van der Waals surface area contributed by atoms with Gasteiger partial charge in [-0.2, -0.15) is 0 Å². The van der Waals surface area contributed by atoms with Crippen molar-refractivity contribution >= 4 is 11.6 Å². The van der Waals surface area contributed by atoms with E-state index in [0.717, 1.165) is 37.2 Å². The van der Waals surface area contributed by atoms with Crippen molar-refractivity contribution in [2.75, 3.05) is 39.2 Å². The standard InChI is InChI=1S/C20H32N2O3/c1-5-25-20(12-6-7-16(2)15-20)19(23)21-17-8-10-18(11-9-17)24-14-13-22(3)4/h8-11,16H,5-7,12-15H2,1-4H3,(H,21,23). The summed E-state index contributed by atoms with van der Waals surface area (Å²) < 4.78 is 11.6. The van der Waals surface area contributed by atoms with Crippen molar-refractivity contribution in [1.29, 1.82) is 0 Å². The molecule has 1 aromatic rings. The van der Waals surface area contributed by atoms with Gasteiger partial charge in [0, 0.05) is 18.8 Å². The zero-order chi connectivity index (χ0) is 18.3. The number of anilines is 1. The lowest BCUT2D eigenvalue weighted by atomic mass is 9.78. The van der Waals surface area contributed by atoms with Crippen molar-refractivity contribution in [3.05, 3.63) is 24.3 Å². The lowest BCUT2D eigenvalue weighted by Crippen LogP contribution is -2.48. The molecule has 1 aliphatic rings. The molecule has 0 spiro atoms. The van der Waals surface area contributed by atoms with Gasteiger partial charge < -0.3 is 19.7 Å². The lowest BCUT2D eigenvalue weighted by Gasteiger charge is -2.38. The molecule has 2 atom stereocenters. The highest BCUT2D eigenvalue weighted by Gasteiger charge is 2.42. The van der Waals surface area contributed by atoms with Crippen molar-refractivity contribution in [2.45, 2.75) is 45.1 Å². The molecule has 25 heavy (non-hydrogen) atoms. The predicted octanol–water partition coefficient (Wildman–Crippen LogP) is 3.55. The average Bonchev–Trinajstić information content (AvgIpc) is 2.56. The van der Waals surface area contributed by atoms with Crippen molar-refractivity contribution in [3.63, 3.8) is 0 Å². The molecule has 0 heterocycles. The van der Waals surface area contributed by atoms with Gasteiger partial charge in [-0.05, 0) is 70.5 Å². The topological polar surface area (TPSA) is 50.8 Å². The van der Waals surface area contributed by atoms with Gasteiger partial charge in [-0.15, -0.1) is 0 Å². The molecule has 5 heteroatoms. The molecule has 0 aliphatic heterocycles. The number of ether oxygens (including phenoxy) is 2. The Bertz CT molecular complexity index is 540. The second kappa shape index (κ2) is 9.20. The normalized spacial score (nSPS) is 23.5. The van der Waals surface area contributed by atoms with E-state index in [1.807, 2.05) is 45.3 Å². The maximum Gasteiger partial charge on any atom is 0.256 e. The van der Waals surface area contributed by atoms with E-state index in [0.29, 0.717) is 19.1 Å². The molecule has 1 aromatic carbocycles. The van der Waals surface area contributed by atoms with Gasteiger partial charge in [0.05, 0.1) is 0 Å². The molecular formula is C20H32N2O3. The van der Waals surface area contributed by atoms with E-state index < -0.39 is 5.60 Å². The molecular weight excluding hydrogens is 316 g/mol. The predicted molar refractivity (Wildman–Crippen MR) is 101 cm³/mol. The minimum atomic E-state index is -0.687. The molecule has 1 fully saturated rings. The largest absolute Gasteiger partial charge is 0.492 e. The zero-order valence-electron chi connectivity index (χ0n) is 16.0. The molecule has 1 N–H and O–H groups in total. The smallest absolute Gasteiger partial charge is 0.256 e. The van der Waals surface area contributed by atoms with Crippen LogP contribution in [0.1, 0.15) is 39.5 Å². The lowest BCUT2D eigenvalue weighted by molar-refractivity contribution is -0.147. The second-order valence-electron chi connectivity index (χ2n) is 7.26. The Balaban J connectivity index is 1.96. The van der Waals surface area contributed by atoms with E-state index in [-0.39, 0.29) is 5.91 Å². The van der Waals surface area contributed by atoms with Crippen LogP contribution in [-0.2, 0) is 9.53 Å². The molecule has 1 aliphatic carbocycles. The highest BCUT2D eigenvalue weighted by molar-refractivity contribution is 5.97. The van der Waals surface area contributed by atoms with E-state index >= 15 is 0 Å². The van der Waals surface area contributed by atoms with Gasteiger partial charge in [-0.25, -0.2) is 0 Å². The summed E-state index contributed by atoms with van der Waals surface area (Å²) in [6.07, 6.45) is 3.79. The van der Waals surface area contributed by atoms with E-state index in [9.17, 15) is 4.79 Å². The van der Waals surface area contributed by atoms with Crippen LogP contribution in [0.4, 0.5) is 5.69 Å². The molecule has 0 bridgehead atoms. The molecule has 5 nitrogen and oxygen atoms in total. The number of likely N-dealkylation sites (N-methyl/N-ethyl adjacent to an activating group) is 1. The van der Waals surface area contributed by atoms with E-state index in [4.69, 9.17) is 9.47 Å². The van der Waals surface area contributed by atoms with E-state index in [1.54, 1.807) is 0 Å². The number of carbonyl (C=O) groups is 1.